The van der Waals surface area contributed by atoms with Crippen molar-refractivity contribution in [1.82, 2.24) is 0 Å². The Bertz CT molecular complexity index is 565. The molecule has 0 saturated heterocycles. The molecule has 0 atom stereocenters. The van der Waals surface area contributed by atoms with Crippen molar-refractivity contribution >= 4 is 17.4 Å². The van der Waals surface area contributed by atoms with Crippen LogP contribution in [0.3, 0.4) is 0 Å². The van der Waals surface area contributed by atoms with Crippen molar-refractivity contribution in [1.29, 1.82) is 0 Å². The first-order valence-corrected chi connectivity index (χ1v) is 5.96. The van der Waals surface area contributed by atoms with Crippen molar-refractivity contribution in [2.75, 3.05) is 17.7 Å². The minimum Gasteiger partial charge on any atom is -0.497 e. The second-order valence-corrected chi connectivity index (χ2v) is 4.18. The number of urea groups is 1. The summed E-state index contributed by atoms with van der Waals surface area (Å²) in [6, 6.07) is 14.5. The largest absolute Gasteiger partial charge is 0.497 e. The Morgan fingerprint density at radius 3 is 2.37 bits per heavy atom. The number of amides is 2. The van der Waals surface area contributed by atoms with Crippen LogP contribution in [0, 0.1) is 6.92 Å². The summed E-state index contributed by atoms with van der Waals surface area (Å²) < 4.78 is 5.10. The van der Waals surface area contributed by atoms with Crippen LogP contribution in [0.2, 0.25) is 0 Å². The number of carbonyl (C=O) groups is 1. The molecule has 0 aliphatic carbocycles. The highest BCUT2D eigenvalue weighted by Gasteiger charge is 2.03. The standard InChI is InChI=1S/C15H16N2O2/c1-11-6-8-12(9-7-11)16-15(18)17-13-4-3-5-14(10-13)19-2/h3-10H,1-2H3,(H2,16,17,18). The molecule has 4 nitrogen and oxygen atoms in total. The lowest BCUT2D eigenvalue weighted by atomic mass is 10.2. The third-order valence-electron chi connectivity index (χ3n) is 2.64. The average Bonchev–Trinajstić information content (AvgIpc) is 2.41. The summed E-state index contributed by atoms with van der Waals surface area (Å²) in [5, 5.41) is 5.51. The van der Waals surface area contributed by atoms with Gasteiger partial charge in [0.05, 0.1) is 7.11 Å². The van der Waals surface area contributed by atoms with Crippen LogP contribution in [0.1, 0.15) is 5.56 Å². The normalized spacial score (nSPS) is 9.79. The van der Waals surface area contributed by atoms with Crippen molar-refractivity contribution < 1.29 is 9.53 Å². The van der Waals surface area contributed by atoms with Gasteiger partial charge in [-0.05, 0) is 31.2 Å². The number of aryl methyl sites for hydroxylation is 1. The minimum atomic E-state index is -0.280. The number of benzene rings is 2. The summed E-state index contributed by atoms with van der Waals surface area (Å²) in [6.45, 7) is 2.00. The molecule has 0 spiro atoms. The maximum absolute atomic E-state index is 11.8. The molecule has 98 valence electrons. The topological polar surface area (TPSA) is 50.4 Å². The fourth-order valence-corrected chi connectivity index (χ4v) is 1.63. The SMILES string of the molecule is COc1cccc(NC(=O)Nc2ccc(C)cc2)c1. The van der Waals surface area contributed by atoms with Crippen molar-refractivity contribution in [3.05, 3.63) is 54.1 Å². The first-order valence-electron chi connectivity index (χ1n) is 5.96. The van der Waals surface area contributed by atoms with Crippen molar-refractivity contribution in [3.8, 4) is 5.75 Å². The number of ether oxygens (including phenoxy) is 1. The van der Waals surface area contributed by atoms with Crippen LogP contribution in [0.5, 0.6) is 5.75 Å². The van der Waals surface area contributed by atoms with Crippen LogP contribution < -0.4 is 15.4 Å². The maximum Gasteiger partial charge on any atom is 0.323 e. The van der Waals surface area contributed by atoms with Crippen LogP contribution in [-0.4, -0.2) is 13.1 Å². The maximum atomic E-state index is 11.8. The van der Waals surface area contributed by atoms with Gasteiger partial charge in [0.25, 0.3) is 0 Å². The Labute approximate surface area is 112 Å². The molecule has 19 heavy (non-hydrogen) atoms. The molecule has 2 rings (SSSR count). The van der Waals surface area contributed by atoms with Crippen LogP contribution in [0.4, 0.5) is 16.2 Å². The molecule has 2 N–H and O–H groups in total. The van der Waals surface area contributed by atoms with Gasteiger partial charge in [-0.3, -0.25) is 0 Å². The lowest BCUT2D eigenvalue weighted by Gasteiger charge is -2.08. The predicted molar refractivity (Wildman–Crippen MR) is 76.8 cm³/mol. The number of hydrogen-bond acceptors (Lipinski definition) is 2. The Hall–Kier alpha value is -2.49. The summed E-state index contributed by atoms with van der Waals surface area (Å²) >= 11 is 0. The molecular weight excluding hydrogens is 240 g/mol. The molecular formula is C15H16N2O2. The van der Waals surface area contributed by atoms with Gasteiger partial charge in [-0.15, -0.1) is 0 Å². The minimum absolute atomic E-state index is 0.280. The van der Waals surface area contributed by atoms with E-state index in [0.717, 1.165) is 11.3 Å². The fraction of sp³-hybridized carbons (Fsp3) is 0.133. The fourth-order valence-electron chi connectivity index (χ4n) is 1.63. The highest BCUT2D eigenvalue weighted by Crippen LogP contribution is 2.17. The van der Waals surface area contributed by atoms with E-state index in [1.165, 1.54) is 0 Å². The van der Waals surface area contributed by atoms with E-state index in [0.29, 0.717) is 11.4 Å². The molecule has 2 aromatic carbocycles. The third kappa shape index (κ3) is 3.74. The van der Waals surface area contributed by atoms with Crippen LogP contribution >= 0.6 is 0 Å². The zero-order valence-corrected chi connectivity index (χ0v) is 10.9. The van der Waals surface area contributed by atoms with Crippen molar-refractivity contribution in [2.24, 2.45) is 0 Å². The van der Waals surface area contributed by atoms with E-state index in [-0.39, 0.29) is 6.03 Å². The quantitative estimate of drug-likeness (QED) is 0.880. The van der Waals surface area contributed by atoms with Gasteiger partial charge in [-0.2, -0.15) is 0 Å². The molecule has 2 aromatic rings. The van der Waals surface area contributed by atoms with Gasteiger partial charge in [0, 0.05) is 17.4 Å². The molecule has 0 unspecified atom stereocenters. The van der Waals surface area contributed by atoms with E-state index in [2.05, 4.69) is 10.6 Å². The summed E-state index contributed by atoms with van der Waals surface area (Å²) in [6.07, 6.45) is 0. The van der Waals surface area contributed by atoms with Gasteiger partial charge in [-0.25, -0.2) is 4.79 Å². The second kappa shape index (κ2) is 5.91. The molecule has 0 aliphatic heterocycles. The van der Waals surface area contributed by atoms with E-state index in [1.807, 2.05) is 43.3 Å². The Morgan fingerprint density at radius 2 is 1.68 bits per heavy atom. The highest BCUT2D eigenvalue weighted by atomic mass is 16.5. The van der Waals surface area contributed by atoms with Crippen molar-refractivity contribution in [2.45, 2.75) is 6.92 Å². The van der Waals surface area contributed by atoms with Gasteiger partial charge in [0.2, 0.25) is 0 Å². The van der Waals surface area contributed by atoms with E-state index in [1.54, 1.807) is 19.2 Å². The molecule has 4 heteroatoms. The molecule has 0 radical (unpaired) electrons. The van der Waals surface area contributed by atoms with E-state index in [9.17, 15) is 4.79 Å². The van der Waals surface area contributed by atoms with Crippen LogP contribution in [-0.2, 0) is 0 Å². The molecule has 0 fully saturated rings. The molecule has 0 saturated carbocycles. The average molecular weight is 256 g/mol. The summed E-state index contributed by atoms with van der Waals surface area (Å²) in [4.78, 5) is 11.8. The lowest BCUT2D eigenvalue weighted by Crippen LogP contribution is -2.19. The predicted octanol–water partition coefficient (Wildman–Crippen LogP) is 3.65. The van der Waals surface area contributed by atoms with Crippen LogP contribution in [0.25, 0.3) is 0 Å². The molecule has 2 amide bonds. The van der Waals surface area contributed by atoms with Gasteiger partial charge >= 0.3 is 6.03 Å². The Balaban J connectivity index is 1.99. The Kier molecular flexibility index (Phi) is 4.03. The number of hydrogen-bond donors (Lipinski definition) is 2. The van der Waals surface area contributed by atoms with Gasteiger partial charge in [0.1, 0.15) is 5.75 Å². The monoisotopic (exact) mass is 256 g/mol. The number of anilines is 2. The number of methoxy groups -OCH3 is 1. The van der Waals surface area contributed by atoms with Crippen molar-refractivity contribution in [3.63, 3.8) is 0 Å². The first-order chi connectivity index (χ1) is 9.17. The second-order valence-electron chi connectivity index (χ2n) is 4.18. The summed E-state index contributed by atoms with van der Waals surface area (Å²) in [7, 11) is 1.59. The molecule has 0 aromatic heterocycles. The smallest absolute Gasteiger partial charge is 0.323 e. The third-order valence-corrected chi connectivity index (χ3v) is 2.64. The van der Waals surface area contributed by atoms with Crippen LogP contribution in [0.15, 0.2) is 48.5 Å². The molecule has 0 bridgehead atoms. The Morgan fingerprint density at radius 1 is 1.00 bits per heavy atom. The number of carbonyl (C=O) groups excluding carboxylic acids is 1. The van der Waals surface area contributed by atoms with E-state index in [4.69, 9.17) is 4.74 Å². The summed E-state index contributed by atoms with van der Waals surface area (Å²) in [5.41, 5.74) is 2.59. The number of rotatable bonds is 3. The zero-order valence-electron chi connectivity index (χ0n) is 10.9. The summed E-state index contributed by atoms with van der Waals surface area (Å²) in [5.74, 6) is 0.702. The molecule has 0 heterocycles. The highest BCUT2D eigenvalue weighted by molar-refractivity contribution is 5.99. The van der Waals surface area contributed by atoms with Gasteiger partial charge < -0.3 is 15.4 Å². The number of nitrogens with one attached hydrogen (secondary N) is 2. The van der Waals surface area contributed by atoms with E-state index < -0.39 is 0 Å². The molecule has 0 aliphatic rings. The lowest BCUT2D eigenvalue weighted by molar-refractivity contribution is 0.262. The first kappa shape index (κ1) is 13.0. The van der Waals surface area contributed by atoms with Gasteiger partial charge in [-0.1, -0.05) is 23.8 Å². The zero-order chi connectivity index (χ0) is 13.7. The van der Waals surface area contributed by atoms with Gasteiger partial charge in [0.15, 0.2) is 0 Å². The van der Waals surface area contributed by atoms with E-state index >= 15 is 0 Å².